The predicted octanol–water partition coefficient (Wildman–Crippen LogP) is 1.68. The number of carbonyl (C=O) groups is 1. The molecular formula is C15H19N3O2. The van der Waals surface area contributed by atoms with E-state index in [1.54, 1.807) is 0 Å². The highest BCUT2D eigenvalue weighted by Gasteiger charge is 2.29. The van der Waals surface area contributed by atoms with Gasteiger partial charge in [-0.15, -0.1) is 0 Å². The number of amidine groups is 1. The van der Waals surface area contributed by atoms with Gasteiger partial charge < -0.3 is 15.8 Å². The van der Waals surface area contributed by atoms with Gasteiger partial charge in [-0.05, 0) is 43.4 Å². The summed E-state index contributed by atoms with van der Waals surface area (Å²) in [6, 6.07) is 8.48. The third-order valence-electron chi connectivity index (χ3n) is 3.67. The lowest BCUT2D eigenvalue weighted by molar-refractivity contribution is -0.117. The number of hydrogen-bond acceptors (Lipinski definition) is 4. The van der Waals surface area contributed by atoms with Gasteiger partial charge in [-0.3, -0.25) is 4.79 Å². The number of benzene rings is 1. The van der Waals surface area contributed by atoms with Gasteiger partial charge in [-0.2, -0.15) is 0 Å². The van der Waals surface area contributed by atoms with Crippen molar-refractivity contribution in [2.45, 2.75) is 31.7 Å². The van der Waals surface area contributed by atoms with Gasteiger partial charge >= 0.3 is 0 Å². The van der Waals surface area contributed by atoms with Gasteiger partial charge in [0.15, 0.2) is 0 Å². The maximum absolute atomic E-state index is 11.6. The van der Waals surface area contributed by atoms with Crippen molar-refractivity contribution in [3.63, 3.8) is 0 Å². The molecule has 1 fully saturated rings. The molecule has 1 atom stereocenters. The Kier molecular flexibility index (Phi) is 3.58. The van der Waals surface area contributed by atoms with Crippen molar-refractivity contribution in [3.05, 3.63) is 29.8 Å². The van der Waals surface area contributed by atoms with E-state index < -0.39 is 0 Å². The zero-order valence-electron chi connectivity index (χ0n) is 11.3. The minimum absolute atomic E-state index is 0.144. The zero-order valence-corrected chi connectivity index (χ0v) is 11.3. The number of aliphatic imine (C=N–C) groups is 1. The number of hydrogen-bond donors (Lipinski definition) is 2. The number of anilines is 1. The molecular weight excluding hydrogens is 254 g/mol. The van der Waals surface area contributed by atoms with Crippen LogP contribution in [0.15, 0.2) is 29.3 Å². The summed E-state index contributed by atoms with van der Waals surface area (Å²) in [7, 11) is 0. The van der Waals surface area contributed by atoms with Gasteiger partial charge in [-0.25, -0.2) is 4.99 Å². The van der Waals surface area contributed by atoms with Crippen LogP contribution in [0, 0.1) is 5.92 Å². The Balaban J connectivity index is 1.49. The number of nitrogens with zero attached hydrogens (tertiary/aromatic N) is 1. The maximum Gasteiger partial charge on any atom is 0.282 e. The summed E-state index contributed by atoms with van der Waals surface area (Å²) < 4.78 is 5.13. The van der Waals surface area contributed by atoms with E-state index in [4.69, 9.17) is 10.5 Å². The van der Waals surface area contributed by atoms with Gasteiger partial charge in [0.1, 0.15) is 6.61 Å². The molecule has 5 heteroatoms. The number of aryl methyl sites for hydroxylation is 1. The Morgan fingerprint density at radius 1 is 1.35 bits per heavy atom. The van der Waals surface area contributed by atoms with Crippen LogP contribution in [-0.4, -0.2) is 24.6 Å². The van der Waals surface area contributed by atoms with Gasteiger partial charge in [-0.1, -0.05) is 12.1 Å². The number of nitrogens with one attached hydrogen (secondary N) is 1. The highest BCUT2D eigenvalue weighted by Crippen LogP contribution is 2.30. The van der Waals surface area contributed by atoms with Gasteiger partial charge in [0, 0.05) is 11.6 Å². The first-order valence-electron chi connectivity index (χ1n) is 7.06. The molecule has 1 aromatic rings. The van der Waals surface area contributed by atoms with E-state index >= 15 is 0 Å². The Labute approximate surface area is 118 Å². The van der Waals surface area contributed by atoms with E-state index in [0.717, 1.165) is 31.4 Å². The van der Waals surface area contributed by atoms with Crippen LogP contribution >= 0.6 is 0 Å². The standard InChI is InChI=1S/C15H19N3O2/c16-15-18-13(9-20-15)8-3-10-1-6-12(7-2-10)17-14(19)11-4-5-11/h1-2,6-7,11,13H,3-5,8-9H2,(H2,16,18)(H,17,19)/t13-/m0/s1. The second kappa shape index (κ2) is 5.53. The predicted molar refractivity (Wildman–Crippen MR) is 77.5 cm³/mol. The fourth-order valence-corrected chi connectivity index (χ4v) is 2.26. The number of carbonyl (C=O) groups excluding carboxylic acids is 1. The fourth-order valence-electron chi connectivity index (χ4n) is 2.26. The van der Waals surface area contributed by atoms with Crippen LogP contribution in [0.25, 0.3) is 0 Å². The van der Waals surface area contributed by atoms with E-state index in [9.17, 15) is 4.79 Å². The molecule has 2 aliphatic rings. The Hall–Kier alpha value is -2.04. The Morgan fingerprint density at radius 2 is 2.10 bits per heavy atom. The lowest BCUT2D eigenvalue weighted by Crippen LogP contribution is -2.13. The molecule has 5 nitrogen and oxygen atoms in total. The van der Waals surface area contributed by atoms with E-state index in [1.807, 2.05) is 24.3 Å². The summed E-state index contributed by atoms with van der Waals surface area (Å²) in [6.07, 6.45) is 3.91. The Bertz CT molecular complexity index is 520. The minimum Gasteiger partial charge on any atom is -0.463 e. The van der Waals surface area contributed by atoms with Crippen molar-refractivity contribution < 1.29 is 9.53 Å². The molecule has 1 amide bonds. The van der Waals surface area contributed by atoms with Crippen molar-refractivity contribution in [1.29, 1.82) is 0 Å². The third-order valence-corrected chi connectivity index (χ3v) is 3.67. The molecule has 0 radical (unpaired) electrons. The van der Waals surface area contributed by atoms with Crippen LogP contribution in [0.4, 0.5) is 5.69 Å². The first-order valence-corrected chi connectivity index (χ1v) is 7.06. The molecule has 3 rings (SSSR count). The highest BCUT2D eigenvalue weighted by molar-refractivity contribution is 5.93. The summed E-state index contributed by atoms with van der Waals surface area (Å²) in [4.78, 5) is 15.8. The molecule has 1 heterocycles. The SMILES string of the molecule is NC1=N[C@@H](CCc2ccc(NC(=O)C3CC3)cc2)CO1. The molecule has 1 aliphatic carbocycles. The zero-order chi connectivity index (χ0) is 13.9. The van der Waals surface area contributed by atoms with Crippen molar-refractivity contribution >= 4 is 17.6 Å². The topological polar surface area (TPSA) is 76.7 Å². The number of rotatable bonds is 5. The number of ether oxygens (including phenoxy) is 1. The van der Waals surface area contributed by atoms with Gasteiger partial charge in [0.25, 0.3) is 6.02 Å². The normalized spacial score (nSPS) is 21.2. The van der Waals surface area contributed by atoms with E-state index in [0.29, 0.717) is 12.6 Å². The average Bonchev–Trinajstić information content (AvgIpc) is 3.22. The average molecular weight is 273 g/mol. The molecule has 0 saturated heterocycles. The van der Waals surface area contributed by atoms with Crippen molar-refractivity contribution in [3.8, 4) is 0 Å². The van der Waals surface area contributed by atoms with Gasteiger partial charge in [0.05, 0.1) is 6.04 Å². The molecule has 1 aromatic carbocycles. The smallest absolute Gasteiger partial charge is 0.282 e. The molecule has 3 N–H and O–H groups in total. The molecule has 1 saturated carbocycles. The summed E-state index contributed by atoms with van der Waals surface area (Å²) in [5, 5.41) is 2.94. The molecule has 1 aliphatic heterocycles. The van der Waals surface area contributed by atoms with Crippen LogP contribution in [0.1, 0.15) is 24.8 Å². The van der Waals surface area contributed by atoms with E-state index in [1.165, 1.54) is 5.56 Å². The van der Waals surface area contributed by atoms with Crippen LogP contribution in [0.2, 0.25) is 0 Å². The number of amides is 1. The summed E-state index contributed by atoms with van der Waals surface area (Å²) in [6.45, 7) is 0.585. The molecule has 0 unspecified atom stereocenters. The summed E-state index contributed by atoms with van der Waals surface area (Å²) in [5.41, 5.74) is 7.58. The molecule has 20 heavy (non-hydrogen) atoms. The van der Waals surface area contributed by atoms with Crippen LogP contribution < -0.4 is 11.1 Å². The largest absolute Gasteiger partial charge is 0.463 e. The van der Waals surface area contributed by atoms with Crippen molar-refractivity contribution in [2.75, 3.05) is 11.9 Å². The highest BCUT2D eigenvalue weighted by atomic mass is 16.5. The first-order chi connectivity index (χ1) is 9.70. The maximum atomic E-state index is 11.6. The molecule has 0 aromatic heterocycles. The summed E-state index contributed by atoms with van der Waals surface area (Å²) in [5.74, 6) is 0.381. The van der Waals surface area contributed by atoms with Crippen molar-refractivity contribution in [1.82, 2.24) is 0 Å². The molecule has 106 valence electrons. The van der Waals surface area contributed by atoms with Gasteiger partial charge in [0.2, 0.25) is 5.91 Å². The third kappa shape index (κ3) is 3.29. The van der Waals surface area contributed by atoms with Crippen molar-refractivity contribution in [2.24, 2.45) is 16.6 Å². The summed E-state index contributed by atoms with van der Waals surface area (Å²) >= 11 is 0. The lowest BCUT2D eigenvalue weighted by atomic mass is 10.1. The quantitative estimate of drug-likeness (QED) is 0.857. The minimum atomic E-state index is 0.144. The molecule has 0 bridgehead atoms. The molecule has 0 spiro atoms. The Morgan fingerprint density at radius 3 is 2.70 bits per heavy atom. The lowest BCUT2D eigenvalue weighted by Gasteiger charge is -2.07. The van der Waals surface area contributed by atoms with Crippen LogP contribution in [-0.2, 0) is 16.0 Å². The monoisotopic (exact) mass is 273 g/mol. The first kappa shape index (κ1) is 13.0. The number of nitrogens with two attached hydrogens (primary N) is 1. The van der Waals surface area contributed by atoms with Crippen LogP contribution in [0.5, 0.6) is 0 Å². The second-order valence-corrected chi connectivity index (χ2v) is 5.43. The fraction of sp³-hybridized carbons (Fsp3) is 0.467. The van der Waals surface area contributed by atoms with Crippen LogP contribution in [0.3, 0.4) is 0 Å². The van der Waals surface area contributed by atoms with E-state index in [2.05, 4.69) is 10.3 Å². The van der Waals surface area contributed by atoms with E-state index in [-0.39, 0.29) is 17.9 Å². The second-order valence-electron chi connectivity index (χ2n) is 5.43.